The van der Waals surface area contributed by atoms with Crippen LogP contribution >= 0.6 is 0 Å². The summed E-state index contributed by atoms with van der Waals surface area (Å²) < 4.78 is 0. The van der Waals surface area contributed by atoms with Gasteiger partial charge in [-0.1, -0.05) is 60.7 Å². The van der Waals surface area contributed by atoms with Crippen molar-refractivity contribution in [2.24, 2.45) is 5.73 Å². The number of nitrogens with zero attached hydrogens (tertiary/aromatic N) is 2. The maximum absolute atomic E-state index is 14.6. The van der Waals surface area contributed by atoms with Gasteiger partial charge in [-0.2, -0.15) is 0 Å². The summed E-state index contributed by atoms with van der Waals surface area (Å²) in [7, 11) is 0. The highest BCUT2D eigenvalue weighted by atomic mass is 16.4. The Morgan fingerprint density at radius 3 is 2.22 bits per heavy atom. The second kappa shape index (κ2) is 9.76. The standard InChI is InChI=1S/C31H24N6O4/c32-28(40)30(22-10-2-1-3-11-22,29(41)35-26-12-6-7-15-33-26)31(25-17-19-8-4-5-9-21(19)18-34-25)36-23-14-13-20(27(38)39)16-24(23)37-31/h1-18,36-37H,(H2,32,40)(H,38,39)(H,33,35,41). The summed E-state index contributed by atoms with van der Waals surface area (Å²) in [5.41, 5.74) is 3.67. The molecule has 1 aliphatic rings. The van der Waals surface area contributed by atoms with Crippen molar-refractivity contribution in [3.8, 4) is 0 Å². The molecule has 10 nitrogen and oxygen atoms in total. The van der Waals surface area contributed by atoms with Gasteiger partial charge in [-0.25, -0.2) is 9.78 Å². The lowest BCUT2D eigenvalue weighted by Gasteiger charge is -2.45. The number of hydrogen-bond acceptors (Lipinski definition) is 7. The second-order valence-corrected chi connectivity index (χ2v) is 9.63. The molecule has 2 amide bonds. The number of nitrogens with one attached hydrogen (secondary N) is 3. The first-order valence-corrected chi connectivity index (χ1v) is 12.7. The smallest absolute Gasteiger partial charge is 0.335 e. The summed E-state index contributed by atoms with van der Waals surface area (Å²) in [5, 5.41) is 20.7. The van der Waals surface area contributed by atoms with Gasteiger partial charge in [0.1, 0.15) is 5.82 Å². The Morgan fingerprint density at radius 2 is 1.51 bits per heavy atom. The molecule has 0 fully saturated rings. The van der Waals surface area contributed by atoms with Crippen LogP contribution < -0.4 is 21.7 Å². The van der Waals surface area contributed by atoms with Crippen molar-refractivity contribution < 1.29 is 19.5 Å². The Labute approximate surface area is 234 Å². The number of rotatable bonds is 7. The van der Waals surface area contributed by atoms with E-state index in [1.165, 1.54) is 18.3 Å². The maximum Gasteiger partial charge on any atom is 0.335 e. The van der Waals surface area contributed by atoms with Crippen molar-refractivity contribution in [2.45, 2.75) is 11.1 Å². The molecule has 0 saturated heterocycles. The van der Waals surface area contributed by atoms with Crippen LogP contribution in [-0.2, 0) is 20.7 Å². The number of carboxylic acids is 1. The molecule has 10 heteroatoms. The molecule has 5 aromatic rings. The van der Waals surface area contributed by atoms with Crippen molar-refractivity contribution >= 4 is 45.7 Å². The number of hydrogen-bond donors (Lipinski definition) is 5. The van der Waals surface area contributed by atoms with Gasteiger partial charge in [0.25, 0.3) is 5.91 Å². The van der Waals surface area contributed by atoms with E-state index in [1.807, 2.05) is 24.3 Å². The van der Waals surface area contributed by atoms with E-state index in [-0.39, 0.29) is 22.6 Å². The van der Waals surface area contributed by atoms with Crippen LogP contribution in [0.4, 0.5) is 17.2 Å². The first-order chi connectivity index (χ1) is 19.8. The number of aromatic nitrogens is 2. The van der Waals surface area contributed by atoms with Crippen LogP contribution in [0.25, 0.3) is 10.8 Å². The fraction of sp³-hybridized carbons (Fsp3) is 0.0645. The van der Waals surface area contributed by atoms with Gasteiger partial charge < -0.3 is 26.8 Å². The van der Waals surface area contributed by atoms with E-state index in [2.05, 4.69) is 20.9 Å². The highest BCUT2D eigenvalue weighted by molar-refractivity contribution is 6.18. The summed E-state index contributed by atoms with van der Waals surface area (Å²) in [5.74, 6) is -2.66. The van der Waals surface area contributed by atoms with Crippen LogP contribution in [-0.4, -0.2) is 32.9 Å². The number of nitrogens with two attached hydrogens (primary N) is 1. The largest absolute Gasteiger partial charge is 0.478 e. The van der Waals surface area contributed by atoms with Gasteiger partial charge in [0.05, 0.1) is 22.6 Å². The molecule has 1 aliphatic heterocycles. The summed E-state index contributed by atoms with van der Waals surface area (Å²) in [4.78, 5) is 49.3. The number of benzene rings is 3. The molecule has 2 atom stereocenters. The number of fused-ring (bicyclic) bond motifs is 2. The zero-order valence-corrected chi connectivity index (χ0v) is 21.5. The SMILES string of the molecule is NC(=O)C(C(=O)Nc1ccccn1)(c1ccccc1)C1(c2cc3ccccc3cn2)Nc2ccc(C(=O)O)cc2N1. The Balaban J connectivity index is 1.66. The molecular weight excluding hydrogens is 520 g/mol. The molecular formula is C31H24N6O4. The van der Waals surface area contributed by atoms with Crippen LogP contribution in [0.1, 0.15) is 21.6 Å². The summed E-state index contributed by atoms with van der Waals surface area (Å²) in [6.45, 7) is 0. The van der Waals surface area contributed by atoms with E-state index in [1.54, 1.807) is 66.9 Å². The molecule has 0 spiro atoms. The van der Waals surface area contributed by atoms with Crippen molar-refractivity contribution in [3.63, 3.8) is 0 Å². The van der Waals surface area contributed by atoms with Gasteiger partial charge in [-0.05, 0) is 47.3 Å². The first-order valence-electron chi connectivity index (χ1n) is 12.7. The number of anilines is 3. The molecule has 6 N–H and O–H groups in total. The number of pyridine rings is 2. The molecule has 0 aliphatic carbocycles. The van der Waals surface area contributed by atoms with E-state index in [4.69, 9.17) is 10.7 Å². The molecule has 41 heavy (non-hydrogen) atoms. The van der Waals surface area contributed by atoms with Crippen LogP contribution in [0.2, 0.25) is 0 Å². The normalized spacial score (nSPS) is 17.0. The van der Waals surface area contributed by atoms with Crippen LogP contribution in [0.3, 0.4) is 0 Å². The minimum absolute atomic E-state index is 0.0163. The molecule has 0 saturated carbocycles. The lowest BCUT2D eigenvalue weighted by atomic mass is 9.66. The summed E-state index contributed by atoms with van der Waals surface area (Å²) >= 11 is 0. The van der Waals surface area contributed by atoms with E-state index >= 15 is 0 Å². The minimum Gasteiger partial charge on any atom is -0.478 e. The van der Waals surface area contributed by atoms with Gasteiger partial charge >= 0.3 is 5.97 Å². The Kier molecular flexibility index (Phi) is 6.07. The monoisotopic (exact) mass is 544 g/mol. The maximum atomic E-state index is 14.6. The zero-order chi connectivity index (χ0) is 28.6. The van der Waals surface area contributed by atoms with Gasteiger partial charge in [0.15, 0.2) is 11.1 Å². The van der Waals surface area contributed by atoms with Crippen molar-refractivity contribution in [1.29, 1.82) is 0 Å². The van der Waals surface area contributed by atoms with Crippen molar-refractivity contribution in [1.82, 2.24) is 9.97 Å². The Bertz CT molecular complexity index is 1810. The zero-order valence-electron chi connectivity index (χ0n) is 21.5. The number of carboxylic acid groups (broad SMARTS) is 1. The predicted octanol–water partition coefficient (Wildman–Crippen LogP) is 4.08. The molecule has 3 aromatic carbocycles. The number of aromatic carboxylic acids is 1. The van der Waals surface area contributed by atoms with Crippen molar-refractivity contribution in [2.75, 3.05) is 16.0 Å². The number of carbonyl (C=O) groups excluding carboxylic acids is 2. The Morgan fingerprint density at radius 1 is 0.805 bits per heavy atom. The topological polar surface area (TPSA) is 159 Å². The summed E-state index contributed by atoms with van der Waals surface area (Å²) in [6.07, 6.45) is 3.16. The predicted molar refractivity (Wildman–Crippen MR) is 154 cm³/mol. The molecule has 0 radical (unpaired) electrons. The molecule has 2 aromatic heterocycles. The highest BCUT2D eigenvalue weighted by Gasteiger charge is 2.66. The van der Waals surface area contributed by atoms with E-state index in [0.717, 1.165) is 10.8 Å². The van der Waals surface area contributed by atoms with Crippen LogP contribution in [0.5, 0.6) is 0 Å². The first kappa shape index (κ1) is 25.5. The van der Waals surface area contributed by atoms with Gasteiger partial charge in [-0.3, -0.25) is 14.6 Å². The van der Waals surface area contributed by atoms with E-state index in [0.29, 0.717) is 11.4 Å². The molecule has 2 unspecified atom stereocenters. The van der Waals surface area contributed by atoms with Crippen LogP contribution in [0, 0.1) is 0 Å². The molecule has 202 valence electrons. The summed E-state index contributed by atoms with van der Waals surface area (Å²) in [6, 6.07) is 27.2. The van der Waals surface area contributed by atoms with Gasteiger partial charge in [0.2, 0.25) is 5.91 Å². The fourth-order valence-corrected chi connectivity index (χ4v) is 5.41. The third-order valence-corrected chi connectivity index (χ3v) is 7.31. The lowest BCUT2D eigenvalue weighted by molar-refractivity contribution is -0.135. The molecule has 3 heterocycles. The van der Waals surface area contributed by atoms with Crippen LogP contribution in [0.15, 0.2) is 109 Å². The van der Waals surface area contributed by atoms with E-state index in [9.17, 15) is 19.5 Å². The fourth-order valence-electron chi connectivity index (χ4n) is 5.41. The lowest BCUT2D eigenvalue weighted by Crippen LogP contribution is -2.68. The number of amides is 2. The van der Waals surface area contributed by atoms with E-state index < -0.39 is 28.9 Å². The van der Waals surface area contributed by atoms with Crippen molar-refractivity contribution in [3.05, 3.63) is 126 Å². The Hall–Kier alpha value is -5.77. The van der Waals surface area contributed by atoms with Gasteiger partial charge in [0, 0.05) is 17.8 Å². The van der Waals surface area contributed by atoms with Gasteiger partial charge in [-0.15, -0.1) is 0 Å². The second-order valence-electron chi connectivity index (χ2n) is 9.63. The number of primary amides is 1. The average molecular weight is 545 g/mol. The highest BCUT2D eigenvalue weighted by Crippen LogP contribution is 2.51. The third kappa shape index (κ3) is 4.00. The molecule has 6 rings (SSSR count). The quantitative estimate of drug-likeness (QED) is 0.192. The number of carbonyl (C=O) groups is 3. The third-order valence-electron chi connectivity index (χ3n) is 7.31. The minimum atomic E-state index is -2.18. The molecule has 0 bridgehead atoms. The average Bonchev–Trinajstić information content (AvgIpc) is 3.38.